The summed E-state index contributed by atoms with van der Waals surface area (Å²) in [5.74, 6) is 1.45. The predicted octanol–water partition coefficient (Wildman–Crippen LogP) is 2.30. The topological polar surface area (TPSA) is 78.1 Å². The van der Waals surface area contributed by atoms with Gasteiger partial charge in [-0.1, -0.05) is 6.07 Å². The van der Waals surface area contributed by atoms with Crippen molar-refractivity contribution in [3.63, 3.8) is 0 Å². The van der Waals surface area contributed by atoms with E-state index < -0.39 is 0 Å². The molecule has 0 saturated carbocycles. The van der Waals surface area contributed by atoms with Gasteiger partial charge in [0.1, 0.15) is 17.7 Å². The van der Waals surface area contributed by atoms with Gasteiger partial charge in [0.25, 0.3) is 0 Å². The molecule has 0 spiro atoms. The van der Waals surface area contributed by atoms with E-state index in [0.29, 0.717) is 11.4 Å². The van der Waals surface area contributed by atoms with Gasteiger partial charge in [-0.25, -0.2) is 0 Å². The van der Waals surface area contributed by atoms with Crippen molar-refractivity contribution in [2.24, 2.45) is 0 Å². The second-order valence-corrected chi connectivity index (χ2v) is 3.81. The van der Waals surface area contributed by atoms with Crippen molar-refractivity contribution in [2.45, 2.75) is 6.92 Å². The van der Waals surface area contributed by atoms with Crippen molar-refractivity contribution in [1.82, 2.24) is 5.32 Å². The summed E-state index contributed by atoms with van der Waals surface area (Å²) in [7, 11) is 0. The highest BCUT2D eigenvalue weighted by Gasteiger charge is 2.11. The first-order valence-electron chi connectivity index (χ1n) is 5.58. The van der Waals surface area contributed by atoms with E-state index in [1.54, 1.807) is 13.1 Å². The lowest BCUT2D eigenvalue weighted by Gasteiger charge is -2.00. The number of nitrogens with one attached hydrogen (secondary N) is 1. The number of hydrogen-bond donors (Lipinski definition) is 1. The van der Waals surface area contributed by atoms with Crippen molar-refractivity contribution in [3.8, 4) is 23.6 Å². The Morgan fingerprint density at radius 3 is 2.74 bits per heavy atom. The van der Waals surface area contributed by atoms with Crippen LogP contribution in [0.4, 0.5) is 0 Å². The Labute approximate surface area is 111 Å². The summed E-state index contributed by atoms with van der Waals surface area (Å²) < 4.78 is 10.5. The first-order chi connectivity index (χ1) is 9.24. The van der Waals surface area contributed by atoms with Gasteiger partial charge in [0.05, 0.1) is 0 Å². The minimum atomic E-state index is 0.0651. The van der Waals surface area contributed by atoms with E-state index in [9.17, 15) is 0 Å². The summed E-state index contributed by atoms with van der Waals surface area (Å²) in [6, 6.07) is 9.22. The van der Waals surface area contributed by atoms with Gasteiger partial charge in [-0.3, -0.25) is 0 Å². The van der Waals surface area contributed by atoms with E-state index >= 15 is 0 Å². The van der Waals surface area contributed by atoms with Crippen LogP contribution in [0.1, 0.15) is 12.5 Å². The molecule has 1 aliphatic heterocycles. The Kier molecular flexibility index (Phi) is 3.70. The Hall–Kier alpha value is -2.92. The van der Waals surface area contributed by atoms with Crippen LogP contribution < -0.4 is 14.8 Å². The van der Waals surface area contributed by atoms with E-state index in [-0.39, 0.29) is 12.4 Å². The summed E-state index contributed by atoms with van der Waals surface area (Å²) in [6.45, 7) is 1.92. The van der Waals surface area contributed by atoms with Crippen LogP contribution in [0, 0.1) is 22.7 Å². The van der Waals surface area contributed by atoms with Gasteiger partial charge in [-0.15, -0.1) is 0 Å². The molecule has 2 rings (SSSR count). The molecular formula is C14H11N3O2. The summed E-state index contributed by atoms with van der Waals surface area (Å²) in [6.07, 6.45) is 3.49. The largest absolute Gasteiger partial charge is 0.454 e. The SMILES string of the molecule is CC(N/C=C/c1ccc2c(c1)OCO2)=C(C#N)C#N. The van der Waals surface area contributed by atoms with E-state index in [1.807, 2.05) is 36.4 Å². The van der Waals surface area contributed by atoms with Crippen LogP contribution in [-0.4, -0.2) is 6.79 Å². The molecule has 1 aliphatic rings. The van der Waals surface area contributed by atoms with Gasteiger partial charge < -0.3 is 14.8 Å². The van der Waals surface area contributed by atoms with Crippen LogP contribution in [-0.2, 0) is 0 Å². The van der Waals surface area contributed by atoms with E-state index in [0.717, 1.165) is 11.3 Å². The second-order valence-electron chi connectivity index (χ2n) is 3.81. The van der Waals surface area contributed by atoms with Gasteiger partial charge in [0, 0.05) is 11.9 Å². The predicted molar refractivity (Wildman–Crippen MR) is 68.7 cm³/mol. The fraction of sp³-hybridized carbons (Fsp3) is 0.143. The molecule has 5 heteroatoms. The molecule has 1 N–H and O–H groups in total. The molecular weight excluding hydrogens is 242 g/mol. The third-order valence-electron chi connectivity index (χ3n) is 2.57. The number of fused-ring (bicyclic) bond motifs is 1. The van der Waals surface area contributed by atoms with Gasteiger partial charge in [0.15, 0.2) is 11.5 Å². The number of benzene rings is 1. The number of nitrogens with zero attached hydrogens (tertiary/aromatic N) is 2. The van der Waals surface area contributed by atoms with Crippen LogP contribution in [0.3, 0.4) is 0 Å². The fourth-order valence-corrected chi connectivity index (χ4v) is 1.54. The lowest BCUT2D eigenvalue weighted by Crippen LogP contribution is -2.03. The monoisotopic (exact) mass is 253 g/mol. The molecule has 0 bridgehead atoms. The van der Waals surface area contributed by atoms with Crippen LogP contribution >= 0.6 is 0 Å². The number of ether oxygens (including phenoxy) is 2. The zero-order valence-corrected chi connectivity index (χ0v) is 10.3. The highest BCUT2D eigenvalue weighted by atomic mass is 16.7. The lowest BCUT2D eigenvalue weighted by atomic mass is 10.2. The number of nitriles is 2. The molecule has 0 fully saturated rings. The Morgan fingerprint density at radius 2 is 2.00 bits per heavy atom. The molecule has 19 heavy (non-hydrogen) atoms. The highest BCUT2D eigenvalue weighted by molar-refractivity contribution is 5.56. The third kappa shape index (κ3) is 2.85. The van der Waals surface area contributed by atoms with Crippen molar-refractivity contribution < 1.29 is 9.47 Å². The third-order valence-corrected chi connectivity index (χ3v) is 2.57. The van der Waals surface area contributed by atoms with Gasteiger partial charge in [-0.05, 0) is 30.7 Å². The molecule has 1 aromatic carbocycles. The van der Waals surface area contributed by atoms with Crippen molar-refractivity contribution in [3.05, 3.63) is 41.2 Å². The van der Waals surface area contributed by atoms with Gasteiger partial charge in [0.2, 0.25) is 6.79 Å². The molecule has 94 valence electrons. The highest BCUT2D eigenvalue weighted by Crippen LogP contribution is 2.32. The minimum Gasteiger partial charge on any atom is -0.454 e. The summed E-state index contributed by atoms with van der Waals surface area (Å²) >= 11 is 0. The molecule has 0 radical (unpaired) electrons. The van der Waals surface area contributed by atoms with Crippen LogP contribution in [0.5, 0.6) is 11.5 Å². The Balaban J connectivity index is 2.07. The second kappa shape index (κ2) is 5.61. The van der Waals surface area contributed by atoms with E-state index in [2.05, 4.69) is 5.32 Å². The molecule has 0 aromatic heterocycles. The number of hydrogen-bond acceptors (Lipinski definition) is 5. The quantitative estimate of drug-likeness (QED) is 0.836. The average Bonchev–Trinajstić information content (AvgIpc) is 2.87. The van der Waals surface area contributed by atoms with Gasteiger partial charge in [-0.2, -0.15) is 10.5 Å². The lowest BCUT2D eigenvalue weighted by molar-refractivity contribution is 0.174. The van der Waals surface area contributed by atoms with E-state index in [4.69, 9.17) is 20.0 Å². The number of allylic oxidation sites excluding steroid dienone is 2. The molecule has 0 atom stereocenters. The minimum absolute atomic E-state index is 0.0651. The first-order valence-corrected chi connectivity index (χ1v) is 5.58. The maximum atomic E-state index is 8.69. The van der Waals surface area contributed by atoms with Crippen LogP contribution in [0.25, 0.3) is 6.08 Å². The smallest absolute Gasteiger partial charge is 0.231 e. The summed E-state index contributed by atoms with van der Waals surface area (Å²) in [5, 5.41) is 20.3. The maximum absolute atomic E-state index is 8.69. The van der Waals surface area contributed by atoms with Crippen molar-refractivity contribution >= 4 is 6.08 Å². The maximum Gasteiger partial charge on any atom is 0.231 e. The molecule has 0 amide bonds. The summed E-state index contributed by atoms with van der Waals surface area (Å²) in [4.78, 5) is 0. The van der Waals surface area contributed by atoms with Crippen molar-refractivity contribution in [2.75, 3.05) is 6.79 Å². The fourth-order valence-electron chi connectivity index (χ4n) is 1.54. The molecule has 1 aromatic rings. The van der Waals surface area contributed by atoms with Crippen LogP contribution in [0.2, 0.25) is 0 Å². The van der Waals surface area contributed by atoms with Crippen molar-refractivity contribution in [1.29, 1.82) is 10.5 Å². The molecule has 5 nitrogen and oxygen atoms in total. The Morgan fingerprint density at radius 1 is 1.26 bits per heavy atom. The standard InChI is InChI=1S/C14H11N3O2/c1-10(12(7-15)8-16)17-5-4-11-2-3-13-14(6-11)19-9-18-13/h2-6,17H,9H2,1H3/b5-4+. The summed E-state index contributed by atoms with van der Waals surface area (Å²) in [5.41, 5.74) is 1.51. The molecule has 0 aliphatic carbocycles. The normalized spacial score (nSPS) is 11.7. The Bertz CT molecular complexity index is 617. The van der Waals surface area contributed by atoms with Gasteiger partial charge >= 0.3 is 0 Å². The van der Waals surface area contributed by atoms with E-state index in [1.165, 1.54) is 0 Å². The molecule has 0 saturated heterocycles. The molecule has 0 unspecified atom stereocenters. The first kappa shape index (κ1) is 12.5. The number of rotatable bonds is 3. The molecule has 1 heterocycles. The zero-order valence-electron chi connectivity index (χ0n) is 10.3. The van der Waals surface area contributed by atoms with Crippen LogP contribution in [0.15, 0.2) is 35.7 Å². The zero-order chi connectivity index (χ0) is 13.7. The average molecular weight is 253 g/mol.